The molecule has 0 aliphatic carbocycles. The van der Waals surface area contributed by atoms with Crippen LogP contribution in [0.3, 0.4) is 0 Å². The van der Waals surface area contributed by atoms with Crippen LogP contribution in [0, 0.1) is 12.8 Å². The summed E-state index contributed by atoms with van der Waals surface area (Å²) in [5.74, 6) is -0.275. The van der Waals surface area contributed by atoms with Crippen molar-refractivity contribution in [3.63, 3.8) is 0 Å². The van der Waals surface area contributed by atoms with E-state index in [9.17, 15) is 13.2 Å². The van der Waals surface area contributed by atoms with Gasteiger partial charge in [-0.05, 0) is 19.8 Å². The fourth-order valence-electron chi connectivity index (χ4n) is 2.68. The molecule has 19 heavy (non-hydrogen) atoms. The van der Waals surface area contributed by atoms with Crippen LogP contribution >= 0.6 is 11.6 Å². The predicted octanol–water partition coefficient (Wildman–Crippen LogP) is 3.25. The number of hydrogen-bond acceptors (Lipinski definition) is 2. The summed E-state index contributed by atoms with van der Waals surface area (Å²) in [6, 6.07) is 0. The zero-order valence-corrected chi connectivity index (χ0v) is 11.7. The normalized spacial score (nSPS) is 20.9. The first-order valence-electron chi connectivity index (χ1n) is 6.24. The van der Waals surface area contributed by atoms with Gasteiger partial charge in [-0.15, -0.1) is 11.6 Å². The van der Waals surface area contributed by atoms with E-state index in [0.717, 1.165) is 17.1 Å². The largest absolute Gasteiger partial charge is 0.393 e. The lowest BCUT2D eigenvalue weighted by Crippen LogP contribution is -2.42. The Bertz CT molecular complexity index is 456. The van der Waals surface area contributed by atoms with Gasteiger partial charge in [0.25, 0.3) is 0 Å². The van der Waals surface area contributed by atoms with E-state index in [4.69, 9.17) is 11.6 Å². The molecular weight excluding hydrogens is 279 g/mol. The number of alkyl halides is 4. The quantitative estimate of drug-likeness (QED) is 0.781. The molecule has 2 rings (SSSR count). The average Bonchev–Trinajstić information content (AvgIpc) is 2.62. The molecule has 1 saturated heterocycles. The second-order valence-electron chi connectivity index (χ2n) is 4.97. The molecule has 0 bridgehead atoms. The van der Waals surface area contributed by atoms with E-state index in [1.165, 1.54) is 0 Å². The molecule has 108 valence electrons. The fraction of sp³-hybridized carbons (Fsp3) is 0.750. The molecule has 0 saturated carbocycles. The molecule has 3 nitrogen and oxygen atoms in total. The first-order chi connectivity index (χ1) is 8.84. The number of anilines is 1. The first-order valence-corrected chi connectivity index (χ1v) is 6.78. The predicted molar refractivity (Wildman–Crippen MR) is 68.5 cm³/mol. The first kappa shape index (κ1) is 14.5. The van der Waals surface area contributed by atoms with E-state index in [2.05, 4.69) is 5.10 Å². The molecule has 0 amide bonds. The van der Waals surface area contributed by atoms with Crippen LogP contribution in [0.2, 0.25) is 0 Å². The Morgan fingerprint density at radius 3 is 2.68 bits per heavy atom. The molecule has 0 N–H and O–H groups in total. The highest BCUT2D eigenvalue weighted by atomic mass is 35.5. The van der Waals surface area contributed by atoms with Gasteiger partial charge in [-0.3, -0.25) is 4.68 Å². The number of hydrogen-bond donors (Lipinski definition) is 0. The summed E-state index contributed by atoms with van der Waals surface area (Å²) in [5.41, 5.74) is 1.61. The molecule has 1 fully saturated rings. The number of aryl methyl sites for hydroxylation is 2. The van der Waals surface area contributed by atoms with Gasteiger partial charge >= 0.3 is 6.18 Å². The highest BCUT2D eigenvalue weighted by Crippen LogP contribution is 2.36. The van der Waals surface area contributed by atoms with E-state index in [1.807, 2.05) is 6.92 Å². The topological polar surface area (TPSA) is 21.1 Å². The van der Waals surface area contributed by atoms with Crippen molar-refractivity contribution in [2.24, 2.45) is 13.0 Å². The SMILES string of the molecule is Cc1nn(C)c(N2CCCC(C(F)(F)F)C2)c1CCl. The Morgan fingerprint density at radius 2 is 2.11 bits per heavy atom. The van der Waals surface area contributed by atoms with Crippen molar-refractivity contribution in [3.05, 3.63) is 11.3 Å². The van der Waals surface area contributed by atoms with Crippen LogP contribution < -0.4 is 4.90 Å². The standard InChI is InChI=1S/C12H17ClF3N3/c1-8-10(6-13)11(18(2)17-8)19-5-3-4-9(7-19)12(14,15)16/h9H,3-7H2,1-2H3. The second-order valence-corrected chi connectivity index (χ2v) is 5.24. The molecule has 7 heteroatoms. The minimum absolute atomic E-state index is 0.00758. The van der Waals surface area contributed by atoms with E-state index in [0.29, 0.717) is 13.0 Å². The molecule has 1 aromatic heterocycles. The van der Waals surface area contributed by atoms with Crippen molar-refractivity contribution in [1.29, 1.82) is 0 Å². The van der Waals surface area contributed by atoms with Gasteiger partial charge in [-0.25, -0.2) is 0 Å². The van der Waals surface area contributed by atoms with Crippen LogP contribution in [-0.2, 0) is 12.9 Å². The van der Waals surface area contributed by atoms with Crippen LogP contribution in [-0.4, -0.2) is 29.0 Å². The van der Waals surface area contributed by atoms with E-state index >= 15 is 0 Å². The van der Waals surface area contributed by atoms with Crippen LogP contribution in [0.1, 0.15) is 24.1 Å². The maximum atomic E-state index is 12.8. The van der Waals surface area contributed by atoms with Crippen molar-refractivity contribution in [1.82, 2.24) is 9.78 Å². The van der Waals surface area contributed by atoms with Gasteiger partial charge in [0, 0.05) is 25.7 Å². The molecule has 1 atom stereocenters. The molecule has 0 radical (unpaired) electrons. The van der Waals surface area contributed by atoms with Crippen molar-refractivity contribution >= 4 is 17.4 Å². The van der Waals surface area contributed by atoms with Crippen LogP contribution in [0.15, 0.2) is 0 Å². The highest BCUT2D eigenvalue weighted by molar-refractivity contribution is 6.17. The number of aromatic nitrogens is 2. The molecule has 0 spiro atoms. The molecular formula is C12H17ClF3N3. The third kappa shape index (κ3) is 2.83. The molecule has 1 aromatic rings. The van der Waals surface area contributed by atoms with Gasteiger partial charge in [0.15, 0.2) is 0 Å². The summed E-state index contributed by atoms with van der Waals surface area (Å²) >= 11 is 5.89. The molecule has 1 aliphatic rings. The van der Waals surface area contributed by atoms with E-state index in [1.54, 1.807) is 16.6 Å². The van der Waals surface area contributed by atoms with Gasteiger partial charge in [-0.1, -0.05) is 0 Å². The Kier molecular flexibility index (Phi) is 3.99. The molecule has 1 unspecified atom stereocenters. The Balaban J connectivity index is 2.27. The average molecular weight is 296 g/mol. The lowest BCUT2D eigenvalue weighted by molar-refractivity contribution is -0.176. The summed E-state index contributed by atoms with van der Waals surface area (Å²) in [4.78, 5) is 1.76. The van der Waals surface area contributed by atoms with E-state index < -0.39 is 12.1 Å². The zero-order chi connectivity index (χ0) is 14.2. The zero-order valence-electron chi connectivity index (χ0n) is 11.0. The van der Waals surface area contributed by atoms with Gasteiger partial charge in [0.05, 0.1) is 17.5 Å². The monoisotopic (exact) mass is 295 g/mol. The number of nitrogens with zero attached hydrogens (tertiary/aromatic N) is 3. The van der Waals surface area contributed by atoms with Crippen molar-refractivity contribution < 1.29 is 13.2 Å². The summed E-state index contributed by atoms with van der Waals surface area (Å²) < 4.78 is 40.2. The lowest BCUT2D eigenvalue weighted by Gasteiger charge is -2.35. The van der Waals surface area contributed by atoms with Gasteiger partial charge < -0.3 is 4.90 Å². The Labute approximate surface area is 115 Å². The van der Waals surface area contributed by atoms with E-state index in [-0.39, 0.29) is 18.8 Å². The molecule has 1 aliphatic heterocycles. The van der Waals surface area contributed by atoms with Crippen molar-refractivity contribution in [2.45, 2.75) is 31.8 Å². The Hall–Kier alpha value is -0.910. The molecule has 2 heterocycles. The summed E-state index contributed by atoms with van der Waals surface area (Å²) in [5, 5.41) is 4.25. The molecule has 0 aromatic carbocycles. The van der Waals surface area contributed by atoms with Gasteiger partial charge in [0.1, 0.15) is 5.82 Å². The summed E-state index contributed by atoms with van der Waals surface area (Å²) in [6.07, 6.45) is -3.39. The highest BCUT2D eigenvalue weighted by Gasteiger charge is 2.42. The smallest absolute Gasteiger partial charge is 0.356 e. The fourth-order valence-corrected chi connectivity index (χ4v) is 2.99. The number of piperidine rings is 1. The lowest BCUT2D eigenvalue weighted by atomic mass is 9.97. The third-order valence-corrected chi connectivity index (χ3v) is 3.90. The maximum absolute atomic E-state index is 12.8. The minimum atomic E-state index is -4.13. The van der Waals surface area contributed by atoms with Gasteiger partial charge in [-0.2, -0.15) is 18.3 Å². The van der Waals surface area contributed by atoms with Crippen LogP contribution in [0.4, 0.5) is 19.0 Å². The minimum Gasteiger partial charge on any atom is -0.356 e. The number of halogens is 4. The summed E-state index contributed by atoms with van der Waals surface area (Å²) in [6.45, 7) is 2.44. The van der Waals surface area contributed by atoms with Crippen LogP contribution in [0.25, 0.3) is 0 Å². The third-order valence-electron chi connectivity index (χ3n) is 3.63. The number of rotatable bonds is 2. The second kappa shape index (κ2) is 5.23. The Morgan fingerprint density at radius 1 is 1.42 bits per heavy atom. The summed E-state index contributed by atoms with van der Waals surface area (Å²) in [7, 11) is 1.75. The van der Waals surface area contributed by atoms with Gasteiger partial charge in [0.2, 0.25) is 0 Å². The van der Waals surface area contributed by atoms with Crippen LogP contribution in [0.5, 0.6) is 0 Å². The maximum Gasteiger partial charge on any atom is 0.393 e. The van der Waals surface area contributed by atoms with Crippen molar-refractivity contribution in [2.75, 3.05) is 18.0 Å². The van der Waals surface area contributed by atoms with Crippen molar-refractivity contribution in [3.8, 4) is 0 Å².